The fourth-order valence-electron chi connectivity index (χ4n) is 4.30. The highest BCUT2D eigenvalue weighted by atomic mass is 19.1. The Bertz CT molecular complexity index is 939. The smallest absolute Gasteiger partial charge is 0.246 e. The van der Waals surface area contributed by atoms with E-state index in [9.17, 15) is 14.0 Å². The van der Waals surface area contributed by atoms with Gasteiger partial charge in [0.25, 0.3) is 0 Å². The van der Waals surface area contributed by atoms with Gasteiger partial charge in [-0.05, 0) is 80.7 Å². The van der Waals surface area contributed by atoms with Gasteiger partial charge in [0.15, 0.2) is 0 Å². The molecule has 6 nitrogen and oxygen atoms in total. The number of carbonyl (C=O) groups is 2. The Morgan fingerprint density at radius 1 is 1.09 bits per heavy atom. The number of rotatable bonds is 8. The van der Waals surface area contributed by atoms with Gasteiger partial charge >= 0.3 is 0 Å². The fraction of sp³-hybridized carbons (Fsp3) is 0.423. The van der Waals surface area contributed by atoms with E-state index in [0.717, 1.165) is 24.0 Å². The van der Waals surface area contributed by atoms with Crippen LogP contribution in [-0.2, 0) is 16.0 Å². The van der Waals surface area contributed by atoms with Crippen molar-refractivity contribution in [1.29, 1.82) is 0 Å². The zero-order chi connectivity index (χ0) is 23.8. The number of hydrogen-bond acceptors (Lipinski definition) is 4. The van der Waals surface area contributed by atoms with Crippen LogP contribution >= 0.6 is 0 Å². The third kappa shape index (κ3) is 7.22. The van der Waals surface area contributed by atoms with E-state index in [-0.39, 0.29) is 29.6 Å². The monoisotopic (exact) mass is 452 g/mol. The highest BCUT2D eigenvalue weighted by Gasteiger charge is 2.32. The van der Waals surface area contributed by atoms with E-state index in [1.165, 1.54) is 12.1 Å². The highest BCUT2D eigenvalue weighted by Crippen LogP contribution is 2.27. The van der Waals surface area contributed by atoms with Crippen molar-refractivity contribution in [2.45, 2.75) is 25.3 Å². The minimum Gasteiger partial charge on any atom is -0.341 e. The molecule has 0 aliphatic carbocycles. The number of piperidine rings is 1. The second kappa shape index (κ2) is 11.7. The second-order valence-corrected chi connectivity index (χ2v) is 8.92. The Morgan fingerprint density at radius 3 is 2.33 bits per heavy atom. The van der Waals surface area contributed by atoms with E-state index >= 15 is 0 Å². The van der Waals surface area contributed by atoms with Crippen LogP contribution in [0.1, 0.15) is 24.0 Å². The summed E-state index contributed by atoms with van der Waals surface area (Å²) in [5.74, 6) is 0.0571. The van der Waals surface area contributed by atoms with Crippen molar-refractivity contribution in [3.63, 3.8) is 0 Å². The van der Waals surface area contributed by atoms with Gasteiger partial charge in [-0.15, -0.1) is 0 Å². The maximum atomic E-state index is 13.4. The minimum absolute atomic E-state index is 0.00242. The summed E-state index contributed by atoms with van der Waals surface area (Å²) >= 11 is 0. The van der Waals surface area contributed by atoms with Crippen molar-refractivity contribution < 1.29 is 14.0 Å². The third-order valence-corrected chi connectivity index (χ3v) is 6.22. The van der Waals surface area contributed by atoms with Crippen molar-refractivity contribution >= 4 is 17.9 Å². The largest absolute Gasteiger partial charge is 0.341 e. The van der Waals surface area contributed by atoms with Crippen molar-refractivity contribution in [3.05, 3.63) is 71.8 Å². The van der Waals surface area contributed by atoms with E-state index in [1.54, 1.807) is 36.7 Å². The van der Waals surface area contributed by atoms with Crippen molar-refractivity contribution in [2.75, 3.05) is 40.8 Å². The van der Waals surface area contributed by atoms with Gasteiger partial charge in [-0.3, -0.25) is 14.6 Å². The summed E-state index contributed by atoms with van der Waals surface area (Å²) in [4.78, 5) is 35.0. The summed E-state index contributed by atoms with van der Waals surface area (Å²) in [6.07, 6.45) is 9.12. The molecule has 0 N–H and O–H groups in total. The molecule has 1 saturated heterocycles. The van der Waals surface area contributed by atoms with Gasteiger partial charge in [-0.1, -0.05) is 12.1 Å². The van der Waals surface area contributed by atoms with Crippen LogP contribution in [0.2, 0.25) is 0 Å². The van der Waals surface area contributed by atoms with Gasteiger partial charge < -0.3 is 14.7 Å². The molecule has 1 aromatic carbocycles. The third-order valence-electron chi connectivity index (χ3n) is 6.22. The number of hydrogen-bond donors (Lipinski definition) is 0. The number of halogens is 1. The summed E-state index contributed by atoms with van der Waals surface area (Å²) < 4.78 is 13.4. The van der Waals surface area contributed by atoms with Gasteiger partial charge in [0.2, 0.25) is 11.8 Å². The molecule has 2 aromatic rings. The number of carbonyl (C=O) groups excluding carboxylic acids is 2. The number of likely N-dealkylation sites (N-methyl/N-ethyl adjacent to an activating group) is 2. The lowest BCUT2D eigenvalue weighted by Crippen LogP contribution is -2.50. The first-order chi connectivity index (χ1) is 15.8. The molecule has 0 radical (unpaired) electrons. The molecule has 176 valence electrons. The standard InChI is InChI=1S/C26H33FN4O2/c1-29(2)19-26(33)30(3)24(18-21-4-7-23(27)8-5-21)22-12-16-31(17-13-22)25(32)9-6-20-10-14-28-15-11-20/h4-11,14-15,22,24H,12-13,16-19H2,1-3H3/b9-6+. The highest BCUT2D eigenvalue weighted by molar-refractivity contribution is 5.91. The molecule has 2 amide bonds. The predicted molar refractivity (Wildman–Crippen MR) is 128 cm³/mol. The van der Waals surface area contributed by atoms with Gasteiger partial charge in [-0.25, -0.2) is 4.39 Å². The molecule has 1 unspecified atom stereocenters. The topological polar surface area (TPSA) is 56.8 Å². The lowest BCUT2D eigenvalue weighted by molar-refractivity contribution is -0.135. The molecular weight excluding hydrogens is 419 g/mol. The van der Waals surface area contributed by atoms with Crippen LogP contribution in [0.25, 0.3) is 6.08 Å². The first kappa shape index (κ1) is 24.6. The van der Waals surface area contributed by atoms with Crippen LogP contribution in [0.3, 0.4) is 0 Å². The molecule has 0 saturated carbocycles. The molecule has 1 fully saturated rings. The summed E-state index contributed by atoms with van der Waals surface area (Å²) in [5.41, 5.74) is 1.94. The number of nitrogens with zero attached hydrogens (tertiary/aromatic N) is 4. The first-order valence-electron chi connectivity index (χ1n) is 11.4. The van der Waals surface area contributed by atoms with Crippen LogP contribution in [0, 0.1) is 11.7 Å². The van der Waals surface area contributed by atoms with Crippen LogP contribution in [0.4, 0.5) is 4.39 Å². The Hall–Kier alpha value is -3.06. The van der Waals surface area contributed by atoms with Crippen LogP contribution in [-0.4, -0.2) is 78.3 Å². The molecule has 0 bridgehead atoms. The number of benzene rings is 1. The van der Waals surface area contributed by atoms with Crippen molar-refractivity contribution in [1.82, 2.24) is 19.7 Å². The Balaban J connectivity index is 1.66. The molecule has 3 rings (SSSR count). The number of aromatic nitrogens is 1. The molecular formula is C26H33FN4O2. The number of amides is 2. The first-order valence-corrected chi connectivity index (χ1v) is 11.4. The zero-order valence-corrected chi connectivity index (χ0v) is 19.7. The van der Waals surface area contributed by atoms with Crippen LogP contribution in [0.5, 0.6) is 0 Å². The maximum Gasteiger partial charge on any atom is 0.246 e. The summed E-state index contributed by atoms with van der Waals surface area (Å²) in [6, 6.07) is 10.2. The van der Waals surface area contributed by atoms with Crippen LogP contribution < -0.4 is 0 Å². The van der Waals surface area contributed by atoms with E-state index in [4.69, 9.17) is 0 Å². The van der Waals surface area contributed by atoms with Gasteiger partial charge in [0.1, 0.15) is 5.82 Å². The maximum absolute atomic E-state index is 13.4. The molecule has 0 spiro atoms. The predicted octanol–water partition coefficient (Wildman–Crippen LogP) is 3.10. The number of likely N-dealkylation sites (tertiary alicyclic amines) is 1. The van der Waals surface area contributed by atoms with E-state index < -0.39 is 0 Å². The summed E-state index contributed by atoms with van der Waals surface area (Å²) in [6.45, 7) is 1.65. The van der Waals surface area contributed by atoms with Gasteiger partial charge in [-0.2, -0.15) is 0 Å². The molecule has 2 heterocycles. The SMILES string of the molecule is CN(C)CC(=O)N(C)C(Cc1ccc(F)cc1)C1CCN(C(=O)/C=C/c2ccncc2)CC1. The average molecular weight is 453 g/mol. The van der Waals surface area contributed by atoms with E-state index in [1.807, 2.05) is 48.0 Å². The van der Waals surface area contributed by atoms with Crippen molar-refractivity contribution in [2.24, 2.45) is 5.92 Å². The quantitative estimate of drug-likeness (QED) is 0.578. The summed E-state index contributed by atoms with van der Waals surface area (Å²) in [7, 11) is 5.61. The van der Waals surface area contributed by atoms with Crippen LogP contribution in [0.15, 0.2) is 54.9 Å². The lowest BCUT2D eigenvalue weighted by Gasteiger charge is -2.40. The van der Waals surface area contributed by atoms with E-state index in [2.05, 4.69) is 4.98 Å². The normalized spacial score (nSPS) is 15.7. The Labute approximate surface area is 195 Å². The van der Waals surface area contributed by atoms with E-state index in [0.29, 0.717) is 26.1 Å². The number of pyridine rings is 1. The minimum atomic E-state index is -0.265. The molecule has 1 aromatic heterocycles. The van der Waals surface area contributed by atoms with Gasteiger partial charge in [0, 0.05) is 44.6 Å². The van der Waals surface area contributed by atoms with Gasteiger partial charge in [0.05, 0.1) is 6.54 Å². The summed E-state index contributed by atoms with van der Waals surface area (Å²) in [5, 5.41) is 0. The fourth-order valence-corrected chi connectivity index (χ4v) is 4.30. The molecule has 33 heavy (non-hydrogen) atoms. The molecule has 7 heteroatoms. The zero-order valence-electron chi connectivity index (χ0n) is 19.7. The second-order valence-electron chi connectivity index (χ2n) is 8.92. The average Bonchev–Trinajstić information content (AvgIpc) is 2.82. The Kier molecular flexibility index (Phi) is 8.72. The van der Waals surface area contributed by atoms with Crippen molar-refractivity contribution in [3.8, 4) is 0 Å². The molecule has 1 aliphatic heterocycles. The lowest BCUT2D eigenvalue weighted by atomic mass is 9.85. The Morgan fingerprint density at radius 2 is 1.73 bits per heavy atom. The molecule has 1 aliphatic rings. The molecule has 1 atom stereocenters.